The van der Waals surface area contributed by atoms with Crippen LogP contribution in [0.5, 0.6) is 0 Å². The van der Waals surface area contributed by atoms with Gasteiger partial charge in [-0.3, -0.25) is 10.00 Å². The van der Waals surface area contributed by atoms with Crippen LogP contribution in [0, 0.1) is 19.8 Å². The lowest BCUT2D eigenvalue weighted by atomic mass is 9.96. The lowest BCUT2D eigenvalue weighted by Gasteiger charge is -2.37. The van der Waals surface area contributed by atoms with E-state index < -0.39 is 0 Å². The van der Waals surface area contributed by atoms with Crippen molar-refractivity contribution in [1.29, 1.82) is 0 Å². The Labute approximate surface area is 132 Å². The molecule has 0 saturated carbocycles. The van der Waals surface area contributed by atoms with Crippen molar-refractivity contribution in [1.82, 2.24) is 20.4 Å². The molecule has 2 fully saturated rings. The molecule has 1 aromatic rings. The summed E-state index contributed by atoms with van der Waals surface area (Å²) in [5.41, 5.74) is 3.55. The largest absolute Gasteiger partial charge is 0.381 e. The highest BCUT2D eigenvalue weighted by Gasteiger charge is 2.31. The number of aromatic amines is 1. The zero-order valence-corrected chi connectivity index (χ0v) is 13.7. The molecular weight excluding hydrogens is 280 g/mol. The summed E-state index contributed by atoms with van der Waals surface area (Å²) in [5.74, 6) is 0.636. The molecule has 0 amide bonds. The minimum Gasteiger partial charge on any atom is -0.381 e. The molecule has 2 aliphatic heterocycles. The molecule has 2 saturated heterocycles. The molecule has 0 aromatic carbocycles. The zero-order chi connectivity index (χ0) is 15.4. The van der Waals surface area contributed by atoms with Crippen LogP contribution in [0.15, 0.2) is 0 Å². The Morgan fingerprint density at radius 2 is 2.09 bits per heavy atom. The Morgan fingerprint density at radius 1 is 1.27 bits per heavy atom. The number of morpholine rings is 1. The van der Waals surface area contributed by atoms with Crippen LogP contribution in [0.3, 0.4) is 0 Å². The number of rotatable bonds is 6. The summed E-state index contributed by atoms with van der Waals surface area (Å²) in [6.45, 7) is 11.6. The Kier molecular flexibility index (Phi) is 5.46. The first-order valence-corrected chi connectivity index (χ1v) is 8.36. The molecule has 2 atom stereocenters. The van der Waals surface area contributed by atoms with Gasteiger partial charge < -0.3 is 14.8 Å². The van der Waals surface area contributed by atoms with Gasteiger partial charge in [-0.25, -0.2) is 0 Å². The van der Waals surface area contributed by atoms with Crippen molar-refractivity contribution in [3.8, 4) is 0 Å². The molecule has 0 radical (unpaired) electrons. The van der Waals surface area contributed by atoms with E-state index in [2.05, 4.69) is 34.3 Å². The fourth-order valence-electron chi connectivity index (χ4n) is 3.54. The Balaban J connectivity index is 1.57. The molecule has 124 valence electrons. The van der Waals surface area contributed by atoms with Crippen LogP contribution >= 0.6 is 0 Å². The Hall–Kier alpha value is -0.950. The molecule has 2 aliphatic rings. The van der Waals surface area contributed by atoms with E-state index in [1.807, 2.05) is 0 Å². The van der Waals surface area contributed by atoms with Crippen molar-refractivity contribution >= 4 is 0 Å². The maximum Gasteiger partial charge on any atom is 0.0638 e. The number of nitrogens with zero attached hydrogens (tertiary/aromatic N) is 2. The average Bonchev–Trinajstić information content (AvgIpc) is 3.17. The summed E-state index contributed by atoms with van der Waals surface area (Å²) in [6.07, 6.45) is 1.17. The van der Waals surface area contributed by atoms with Crippen LogP contribution < -0.4 is 5.32 Å². The van der Waals surface area contributed by atoms with Crippen LogP contribution in [-0.4, -0.2) is 67.2 Å². The highest BCUT2D eigenvalue weighted by Crippen LogP contribution is 2.22. The second-order valence-corrected chi connectivity index (χ2v) is 6.38. The summed E-state index contributed by atoms with van der Waals surface area (Å²) >= 11 is 0. The molecule has 0 unspecified atom stereocenters. The molecule has 6 nitrogen and oxygen atoms in total. The van der Waals surface area contributed by atoms with Crippen molar-refractivity contribution in [2.45, 2.75) is 32.9 Å². The van der Waals surface area contributed by atoms with Gasteiger partial charge in [0.2, 0.25) is 0 Å². The molecule has 6 heteroatoms. The van der Waals surface area contributed by atoms with Gasteiger partial charge in [-0.15, -0.1) is 0 Å². The van der Waals surface area contributed by atoms with Crippen molar-refractivity contribution in [3.05, 3.63) is 17.0 Å². The lowest BCUT2D eigenvalue weighted by Crippen LogP contribution is -2.51. The highest BCUT2D eigenvalue weighted by atomic mass is 16.5. The van der Waals surface area contributed by atoms with Gasteiger partial charge in [0.05, 0.1) is 25.5 Å². The van der Waals surface area contributed by atoms with Gasteiger partial charge in [-0.05, 0) is 20.3 Å². The predicted octanol–water partition coefficient (Wildman–Crippen LogP) is 0.853. The first-order chi connectivity index (χ1) is 10.8. The summed E-state index contributed by atoms with van der Waals surface area (Å²) < 4.78 is 11.1. The monoisotopic (exact) mass is 308 g/mol. The van der Waals surface area contributed by atoms with Crippen LogP contribution in [0.25, 0.3) is 0 Å². The average molecular weight is 308 g/mol. The second-order valence-electron chi connectivity index (χ2n) is 6.38. The van der Waals surface area contributed by atoms with Gasteiger partial charge in [0.25, 0.3) is 0 Å². The van der Waals surface area contributed by atoms with Gasteiger partial charge >= 0.3 is 0 Å². The number of aryl methyl sites for hydroxylation is 2. The second kappa shape index (κ2) is 7.55. The molecular formula is C16H28N4O2. The Morgan fingerprint density at radius 3 is 2.73 bits per heavy atom. The number of nitrogens with one attached hydrogen (secondary N) is 2. The van der Waals surface area contributed by atoms with E-state index in [0.717, 1.165) is 64.0 Å². The first kappa shape index (κ1) is 15.9. The number of aromatic nitrogens is 2. The van der Waals surface area contributed by atoms with E-state index in [9.17, 15) is 0 Å². The molecule has 0 bridgehead atoms. The molecule has 0 spiro atoms. The van der Waals surface area contributed by atoms with Crippen LogP contribution in [0.4, 0.5) is 0 Å². The first-order valence-electron chi connectivity index (χ1n) is 8.36. The fourth-order valence-corrected chi connectivity index (χ4v) is 3.54. The van der Waals surface area contributed by atoms with Gasteiger partial charge in [0.15, 0.2) is 0 Å². The summed E-state index contributed by atoms with van der Waals surface area (Å²) in [5, 5.41) is 11.0. The number of ether oxygens (including phenoxy) is 2. The SMILES string of the molecule is Cc1n[nH]c(C)c1CNC[C@@H]([C@@H]1CCOC1)N1CCOCC1. The highest BCUT2D eigenvalue weighted by molar-refractivity contribution is 5.22. The summed E-state index contributed by atoms with van der Waals surface area (Å²) in [7, 11) is 0. The number of hydrogen-bond acceptors (Lipinski definition) is 5. The van der Waals surface area contributed by atoms with E-state index in [0.29, 0.717) is 12.0 Å². The quantitative estimate of drug-likeness (QED) is 0.816. The fraction of sp³-hybridized carbons (Fsp3) is 0.812. The zero-order valence-electron chi connectivity index (χ0n) is 13.7. The summed E-state index contributed by atoms with van der Waals surface area (Å²) in [6, 6.07) is 0.541. The maximum absolute atomic E-state index is 5.62. The van der Waals surface area contributed by atoms with Crippen LogP contribution in [0.2, 0.25) is 0 Å². The minimum absolute atomic E-state index is 0.541. The van der Waals surface area contributed by atoms with Crippen LogP contribution in [0.1, 0.15) is 23.4 Å². The van der Waals surface area contributed by atoms with E-state index in [-0.39, 0.29) is 0 Å². The van der Waals surface area contributed by atoms with Crippen molar-refractivity contribution in [2.24, 2.45) is 5.92 Å². The van der Waals surface area contributed by atoms with Crippen molar-refractivity contribution in [2.75, 3.05) is 46.1 Å². The van der Waals surface area contributed by atoms with E-state index in [1.54, 1.807) is 0 Å². The van der Waals surface area contributed by atoms with Gasteiger partial charge in [0, 0.05) is 56.0 Å². The van der Waals surface area contributed by atoms with Gasteiger partial charge in [-0.1, -0.05) is 0 Å². The third kappa shape index (κ3) is 3.68. The summed E-state index contributed by atoms with van der Waals surface area (Å²) in [4.78, 5) is 2.57. The molecule has 2 N–H and O–H groups in total. The molecule has 22 heavy (non-hydrogen) atoms. The topological polar surface area (TPSA) is 62.4 Å². The van der Waals surface area contributed by atoms with E-state index >= 15 is 0 Å². The molecule has 3 heterocycles. The molecule has 3 rings (SSSR count). The Bertz CT molecular complexity index is 445. The van der Waals surface area contributed by atoms with E-state index in [4.69, 9.17) is 9.47 Å². The minimum atomic E-state index is 0.541. The molecule has 1 aromatic heterocycles. The van der Waals surface area contributed by atoms with E-state index in [1.165, 1.54) is 12.0 Å². The van der Waals surface area contributed by atoms with Gasteiger partial charge in [-0.2, -0.15) is 5.10 Å². The third-order valence-electron chi connectivity index (χ3n) is 4.96. The maximum atomic E-state index is 5.62. The number of H-pyrrole nitrogens is 1. The lowest BCUT2D eigenvalue weighted by molar-refractivity contribution is 0.00137. The smallest absolute Gasteiger partial charge is 0.0638 e. The van der Waals surface area contributed by atoms with Crippen molar-refractivity contribution in [3.63, 3.8) is 0 Å². The van der Waals surface area contributed by atoms with Gasteiger partial charge in [0.1, 0.15) is 0 Å². The standard InChI is InChI=1S/C16H28N4O2/c1-12-15(13(2)19-18-12)9-17-10-16(14-3-6-22-11-14)20-4-7-21-8-5-20/h14,16-17H,3-11H2,1-2H3,(H,18,19)/t14-,16+/m1/s1. The normalized spacial score (nSPS) is 24.7. The molecule has 0 aliphatic carbocycles. The van der Waals surface area contributed by atoms with Crippen molar-refractivity contribution < 1.29 is 9.47 Å². The third-order valence-corrected chi connectivity index (χ3v) is 4.96. The number of hydrogen-bond donors (Lipinski definition) is 2. The predicted molar refractivity (Wildman–Crippen MR) is 84.9 cm³/mol. The van der Waals surface area contributed by atoms with Crippen LogP contribution in [-0.2, 0) is 16.0 Å².